The van der Waals surface area contributed by atoms with E-state index in [0.717, 1.165) is 17.4 Å². The molecule has 0 radical (unpaired) electrons. The maximum absolute atomic E-state index is 10.7. The van der Waals surface area contributed by atoms with Crippen LogP contribution in [-0.4, -0.2) is 35.2 Å². The Balaban J connectivity index is 2.11. The van der Waals surface area contributed by atoms with Crippen molar-refractivity contribution in [3.63, 3.8) is 0 Å². The molecule has 3 nitrogen and oxygen atoms in total. The van der Waals surface area contributed by atoms with Crippen molar-refractivity contribution in [1.29, 1.82) is 0 Å². The highest BCUT2D eigenvalue weighted by Crippen LogP contribution is 2.28. The Morgan fingerprint density at radius 1 is 1.47 bits per heavy atom. The second kappa shape index (κ2) is 7.12. The Bertz CT molecular complexity index is 193. The monoisotopic (exact) mass is 231 g/mol. The van der Waals surface area contributed by atoms with Gasteiger partial charge in [-0.2, -0.15) is 11.8 Å². The van der Waals surface area contributed by atoms with Gasteiger partial charge in [-0.15, -0.1) is 0 Å². The van der Waals surface area contributed by atoms with Crippen molar-refractivity contribution >= 4 is 17.7 Å². The number of hydrogen-bond donors (Lipinski definition) is 2. The van der Waals surface area contributed by atoms with Gasteiger partial charge in [-0.05, 0) is 32.1 Å². The molecule has 1 saturated carbocycles. The molecule has 0 bridgehead atoms. The van der Waals surface area contributed by atoms with Crippen molar-refractivity contribution < 1.29 is 9.90 Å². The average molecular weight is 231 g/mol. The first-order valence-electron chi connectivity index (χ1n) is 5.75. The van der Waals surface area contributed by atoms with E-state index in [4.69, 9.17) is 5.11 Å². The van der Waals surface area contributed by atoms with Gasteiger partial charge in [0.1, 0.15) is 6.04 Å². The normalized spacial score (nSPS) is 20.1. The number of hydrogen-bond acceptors (Lipinski definition) is 3. The lowest BCUT2D eigenvalue weighted by Gasteiger charge is -2.21. The van der Waals surface area contributed by atoms with E-state index in [2.05, 4.69) is 5.32 Å². The molecule has 88 valence electrons. The van der Waals surface area contributed by atoms with E-state index >= 15 is 0 Å². The third kappa shape index (κ3) is 4.89. The van der Waals surface area contributed by atoms with Crippen LogP contribution >= 0.6 is 11.8 Å². The molecule has 0 heterocycles. The molecule has 4 heteroatoms. The summed E-state index contributed by atoms with van der Waals surface area (Å²) >= 11 is 1.96. The second-order valence-electron chi connectivity index (χ2n) is 4.10. The van der Waals surface area contributed by atoms with Crippen LogP contribution in [0.25, 0.3) is 0 Å². The SMILES string of the molecule is CNC(CCSC1CCCCC1)C(=O)O. The van der Waals surface area contributed by atoms with Crippen LogP contribution in [0.1, 0.15) is 38.5 Å². The molecule has 1 fully saturated rings. The summed E-state index contributed by atoms with van der Waals surface area (Å²) in [5, 5.41) is 12.4. The summed E-state index contributed by atoms with van der Waals surface area (Å²) in [5.74, 6) is 0.226. The third-order valence-corrected chi connectivity index (χ3v) is 4.37. The van der Waals surface area contributed by atoms with E-state index in [1.54, 1.807) is 7.05 Å². The average Bonchev–Trinajstić information content (AvgIpc) is 2.25. The fourth-order valence-corrected chi connectivity index (χ4v) is 3.35. The molecule has 0 amide bonds. The third-order valence-electron chi connectivity index (χ3n) is 2.96. The number of likely N-dealkylation sites (N-methyl/N-ethyl adjacent to an activating group) is 1. The topological polar surface area (TPSA) is 49.3 Å². The number of thioether (sulfide) groups is 1. The Hall–Kier alpha value is -0.220. The van der Waals surface area contributed by atoms with E-state index < -0.39 is 5.97 Å². The highest BCUT2D eigenvalue weighted by Gasteiger charge is 2.17. The Morgan fingerprint density at radius 3 is 2.67 bits per heavy atom. The number of rotatable bonds is 6. The van der Waals surface area contributed by atoms with Gasteiger partial charge in [0.05, 0.1) is 0 Å². The van der Waals surface area contributed by atoms with E-state index in [0.29, 0.717) is 0 Å². The number of carboxylic acids is 1. The summed E-state index contributed by atoms with van der Waals surface area (Å²) in [5.41, 5.74) is 0. The molecule has 0 saturated heterocycles. The molecule has 0 aliphatic heterocycles. The lowest BCUT2D eigenvalue weighted by atomic mass is 10.0. The standard InChI is InChI=1S/C11H21NO2S/c1-12-10(11(13)14)7-8-15-9-5-3-2-4-6-9/h9-10,12H,2-8H2,1H3,(H,13,14). The molecule has 0 spiro atoms. The second-order valence-corrected chi connectivity index (χ2v) is 5.51. The van der Waals surface area contributed by atoms with Gasteiger partial charge < -0.3 is 10.4 Å². The predicted molar refractivity (Wildman–Crippen MR) is 64.4 cm³/mol. The van der Waals surface area contributed by atoms with E-state index in [-0.39, 0.29) is 6.04 Å². The van der Waals surface area contributed by atoms with Gasteiger partial charge in [0.25, 0.3) is 0 Å². The molecule has 1 aliphatic carbocycles. The Kier molecular flexibility index (Phi) is 6.10. The summed E-state index contributed by atoms with van der Waals surface area (Å²) in [6.45, 7) is 0. The molecule has 15 heavy (non-hydrogen) atoms. The largest absolute Gasteiger partial charge is 0.480 e. The minimum atomic E-state index is -0.734. The van der Waals surface area contributed by atoms with Crippen LogP contribution in [-0.2, 0) is 4.79 Å². The Morgan fingerprint density at radius 2 is 2.13 bits per heavy atom. The van der Waals surface area contributed by atoms with Gasteiger partial charge in [0.15, 0.2) is 0 Å². The zero-order valence-corrected chi connectivity index (χ0v) is 10.2. The van der Waals surface area contributed by atoms with Crippen LogP contribution in [0.5, 0.6) is 0 Å². The highest BCUT2D eigenvalue weighted by molar-refractivity contribution is 7.99. The van der Waals surface area contributed by atoms with Crippen LogP contribution in [0.3, 0.4) is 0 Å². The van der Waals surface area contributed by atoms with Crippen LogP contribution in [0.4, 0.5) is 0 Å². The predicted octanol–water partition coefficient (Wildman–Crippen LogP) is 2.11. The first-order chi connectivity index (χ1) is 7.24. The molecule has 2 N–H and O–H groups in total. The quantitative estimate of drug-likeness (QED) is 0.735. The van der Waals surface area contributed by atoms with Crippen molar-refractivity contribution in [2.24, 2.45) is 0 Å². The maximum atomic E-state index is 10.7. The van der Waals surface area contributed by atoms with Crippen LogP contribution < -0.4 is 5.32 Å². The fourth-order valence-electron chi connectivity index (χ4n) is 1.98. The van der Waals surface area contributed by atoms with Gasteiger partial charge in [0, 0.05) is 5.25 Å². The van der Waals surface area contributed by atoms with Crippen molar-refractivity contribution in [3.05, 3.63) is 0 Å². The minimum Gasteiger partial charge on any atom is -0.480 e. The van der Waals surface area contributed by atoms with Gasteiger partial charge in [-0.25, -0.2) is 0 Å². The van der Waals surface area contributed by atoms with Gasteiger partial charge in [0.2, 0.25) is 0 Å². The molecule has 1 unspecified atom stereocenters. The molecular weight excluding hydrogens is 210 g/mol. The van der Waals surface area contributed by atoms with Crippen LogP contribution in [0, 0.1) is 0 Å². The van der Waals surface area contributed by atoms with E-state index in [1.165, 1.54) is 32.1 Å². The van der Waals surface area contributed by atoms with Crippen molar-refractivity contribution in [3.8, 4) is 0 Å². The van der Waals surface area contributed by atoms with Crippen LogP contribution in [0.2, 0.25) is 0 Å². The molecular formula is C11H21NO2S. The maximum Gasteiger partial charge on any atom is 0.320 e. The number of aliphatic carboxylic acids is 1. The molecule has 0 aromatic carbocycles. The first-order valence-corrected chi connectivity index (χ1v) is 6.80. The lowest BCUT2D eigenvalue weighted by Crippen LogP contribution is -2.34. The van der Waals surface area contributed by atoms with E-state index in [1.807, 2.05) is 11.8 Å². The Labute approximate surface area is 96.0 Å². The molecule has 1 aliphatic rings. The zero-order valence-electron chi connectivity index (χ0n) is 9.37. The summed E-state index contributed by atoms with van der Waals surface area (Å²) in [7, 11) is 1.71. The van der Waals surface area contributed by atoms with Gasteiger partial charge in [-0.1, -0.05) is 19.3 Å². The van der Waals surface area contributed by atoms with Crippen molar-refractivity contribution in [2.45, 2.75) is 49.8 Å². The van der Waals surface area contributed by atoms with Crippen molar-refractivity contribution in [2.75, 3.05) is 12.8 Å². The molecule has 1 rings (SSSR count). The highest BCUT2D eigenvalue weighted by atomic mass is 32.2. The number of nitrogens with one attached hydrogen (secondary N) is 1. The molecule has 1 atom stereocenters. The number of carbonyl (C=O) groups is 1. The summed E-state index contributed by atoms with van der Waals surface area (Å²) in [4.78, 5) is 10.7. The minimum absolute atomic E-state index is 0.374. The molecule has 0 aromatic heterocycles. The van der Waals surface area contributed by atoms with Gasteiger partial charge in [-0.3, -0.25) is 4.79 Å². The summed E-state index contributed by atoms with van der Waals surface area (Å²) in [6.07, 6.45) is 7.46. The van der Waals surface area contributed by atoms with Crippen molar-refractivity contribution in [1.82, 2.24) is 5.32 Å². The fraction of sp³-hybridized carbons (Fsp3) is 0.909. The smallest absolute Gasteiger partial charge is 0.320 e. The van der Waals surface area contributed by atoms with Crippen LogP contribution in [0.15, 0.2) is 0 Å². The zero-order chi connectivity index (χ0) is 11.1. The summed E-state index contributed by atoms with van der Waals surface area (Å²) < 4.78 is 0. The van der Waals surface area contributed by atoms with E-state index in [9.17, 15) is 4.79 Å². The lowest BCUT2D eigenvalue weighted by molar-refractivity contribution is -0.139. The summed E-state index contributed by atoms with van der Waals surface area (Å²) in [6, 6.07) is -0.374. The number of carboxylic acid groups (broad SMARTS) is 1. The van der Waals surface area contributed by atoms with Gasteiger partial charge >= 0.3 is 5.97 Å². The first kappa shape index (κ1) is 12.8. The molecule has 0 aromatic rings.